The van der Waals surface area contributed by atoms with E-state index >= 15 is 0 Å². The zero-order chi connectivity index (χ0) is 14.6. The van der Waals surface area contributed by atoms with Crippen molar-refractivity contribution in [2.24, 2.45) is 0 Å². The van der Waals surface area contributed by atoms with Crippen LogP contribution in [0.4, 0.5) is 5.69 Å². The summed E-state index contributed by atoms with van der Waals surface area (Å²) in [5.41, 5.74) is 1.20. The van der Waals surface area contributed by atoms with Crippen LogP contribution in [-0.2, 0) is 9.53 Å². The topological polar surface area (TPSA) is 55.4 Å². The summed E-state index contributed by atoms with van der Waals surface area (Å²) in [6.45, 7) is 4.10. The number of ether oxygens (including phenoxy) is 1. The smallest absolute Gasteiger partial charge is 0.338 e. The van der Waals surface area contributed by atoms with Gasteiger partial charge < -0.3 is 10.1 Å². The molecule has 0 bridgehead atoms. The Morgan fingerprint density at radius 1 is 1.35 bits per heavy atom. The second kappa shape index (κ2) is 6.31. The highest BCUT2D eigenvalue weighted by atomic mass is 32.2. The Bertz CT molecular complexity index is 492. The number of carbonyl (C=O) groups is 2. The molecular weight excluding hydrogens is 274 g/mol. The van der Waals surface area contributed by atoms with Gasteiger partial charge in [0.25, 0.3) is 0 Å². The van der Waals surface area contributed by atoms with Gasteiger partial charge in [0.05, 0.1) is 16.9 Å². The van der Waals surface area contributed by atoms with Crippen LogP contribution in [0.2, 0.25) is 0 Å². The predicted octanol–water partition coefficient (Wildman–Crippen LogP) is 3.09. The van der Waals surface area contributed by atoms with E-state index in [1.165, 1.54) is 0 Å². The average molecular weight is 293 g/mol. The molecule has 1 unspecified atom stereocenters. The zero-order valence-electron chi connectivity index (χ0n) is 11.8. The van der Waals surface area contributed by atoms with Crippen LogP contribution in [0.25, 0.3) is 0 Å². The molecule has 0 aliphatic carbocycles. The molecule has 108 valence electrons. The van der Waals surface area contributed by atoms with Crippen LogP contribution >= 0.6 is 11.8 Å². The Labute approximate surface area is 123 Å². The fraction of sp³-hybridized carbons (Fsp3) is 0.467. The van der Waals surface area contributed by atoms with Gasteiger partial charge in [-0.25, -0.2) is 4.79 Å². The van der Waals surface area contributed by atoms with Crippen molar-refractivity contribution in [2.75, 3.05) is 17.7 Å². The van der Waals surface area contributed by atoms with Crippen molar-refractivity contribution in [3.63, 3.8) is 0 Å². The lowest BCUT2D eigenvalue weighted by Crippen LogP contribution is -2.34. The van der Waals surface area contributed by atoms with Gasteiger partial charge in [-0.05, 0) is 56.7 Å². The molecule has 1 heterocycles. The minimum absolute atomic E-state index is 0.0314. The number of amides is 1. The van der Waals surface area contributed by atoms with Gasteiger partial charge in [-0.15, -0.1) is 11.8 Å². The van der Waals surface area contributed by atoms with Crippen molar-refractivity contribution in [3.8, 4) is 0 Å². The monoisotopic (exact) mass is 293 g/mol. The fourth-order valence-corrected chi connectivity index (χ4v) is 3.34. The lowest BCUT2D eigenvalue weighted by molar-refractivity contribution is -0.118. The van der Waals surface area contributed by atoms with Crippen molar-refractivity contribution >= 4 is 29.3 Å². The molecule has 1 saturated heterocycles. The molecule has 1 aromatic rings. The molecule has 4 nitrogen and oxygen atoms in total. The minimum Gasteiger partial charge on any atom is -0.462 e. The molecule has 1 atom stereocenters. The lowest BCUT2D eigenvalue weighted by Gasteiger charge is -2.21. The molecule has 0 spiro atoms. The quantitative estimate of drug-likeness (QED) is 0.867. The summed E-state index contributed by atoms with van der Waals surface area (Å²) >= 11 is 1.70. The predicted molar refractivity (Wildman–Crippen MR) is 81.1 cm³/mol. The second-order valence-electron chi connectivity index (χ2n) is 4.93. The number of hydrogen-bond donors (Lipinski definition) is 1. The Kier molecular flexibility index (Phi) is 4.70. The number of benzene rings is 1. The normalized spacial score (nSPS) is 21.5. The zero-order valence-corrected chi connectivity index (χ0v) is 12.6. The molecule has 0 aromatic heterocycles. The van der Waals surface area contributed by atoms with Gasteiger partial charge in [0.2, 0.25) is 5.91 Å². The highest BCUT2D eigenvalue weighted by Gasteiger charge is 2.37. The molecule has 20 heavy (non-hydrogen) atoms. The Morgan fingerprint density at radius 3 is 2.60 bits per heavy atom. The van der Waals surface area contributed by atoms with Gasteiger partial charge in [0.1, 0.15) is 0 Å². The van der Waals surface area contributed by atoms with Crippen LogP contribution in [-0.4, -0.2) is 29.0 Å². The van der Waals surface area contributed by atoms with Crippen LogP contribution in [0.15, 0.2) is 24.3 Å². The Morgan fingerprint density at radius 2 is 2.05 bits per heavy atom. The first kappa shape index (κ1) is 14.9. The van der Waals surface area contributed by atoms with E-state index in [0.717, 1.165) is 18.6 Å². The molecule has 0 radical (unpaired) electrons. The first-order valence-electron chi connectivity index (χ1n) is 6.78. The van der Waals surface area contributed by atoms with E-state index in [4.69, 9.17) is 4.74 Å². The van der Waals surface area contributed by atoms with Crippen molar-refractivity contribution in [2.45, 2.75) is 31.4 Å². The van der Waals surface area contributed by atoms with Gasteiger partial charge in [-0.2, -0.15) is 0 Å². The van der Waals surface area contributed by atoms with E-state index in [0.29, 0.717) is 17.9 Å². The number of rotatable bonds is 4. The number of carbonyl (C=O) groups excluding carboxylic acids is 2. The Hall–Kier alpha value is -1.49. The van der Waals surface area contributed by atoms with E-state index < -0.39 is 0 Å². The summed E-state index contributed by atoms with van der Waals surface area (Å²) in [6.07, 6.45) is 1.99. The maximum Gasteiger partial charge on any atom is 0.338 e. The largest absolute Gasteiger partial charge is 0.462 e. The SMILES string of the molecule is CCOC(=O)c1ccc(NC(=O)C2(C)CCCS2)cc1. The number of hydrogen-bond acceptors (Lipinski definition) is 4. The van der Waals surface area contributed by atoms with Crippen LogP contribution in [0, 0.1) is 0 Å². The minimum atomic E-state index is -0.344. The molecule has 2 rings (SSSR count). The summed E-state index contributed by atoms with van der Waals surface area (Å²) in [7, 11) is 0. The molecule has 1 N–H and O–H groups in total. The van der Waals surface area contributed by atoms with E-state index in [2.05, 4.69) is 5.32 Å². The first-order valence-corrected chi connectivity index (χ1v) is 7.76. The molecule has 1 aromatic carbocycles. The van der Waals surface area contributed by atoms with Gasteiger partial charge in [0, 0.05) is 5.69 Å². The van der Waals surface area contributed by atoms with Crippen LogP contribution in [0.5, 0.6) is 0 Å². The number of esters is 1. The first-order chi connectivity index (χ1) is 9.55. The van der Waals surface area contributed by atoms with E-state index in [9.17, 15) is 9.59 Å². The summed E-state index contributed by atoms with van der Waals surface area (Å²) in [5, 5.41) is 2.91. The number of thioether (sulfide) groups is 1. The molecule has 5 heteroatoms. The Balaban J connectivity index is 2.00. The second-order valence-corrected chi connectivity index (χ2v) is 6.53. The van der Waals surface area contributed by atoms with Crippen molar-refractivity contribution in [1.82, 2.24) is 0 Å². The lowest BCUT2D eigenvalue weighted by atomic mass is 10.0. The number of anilines is 1. The molecule has 1 aliphatic heterocycles. The molecular formula is C15H19NO3S. The van der Waals surface area contributed by atoms with Gasteiger partial charge >= 0.3 is 5.97 Å². The van der Waals surface area contributed by atoms with Gasteiger partial charge in [-0.3, -0.25) is 4.79 Å². The van der Waals surface area contributed by atoms with Crippen molar-refractivity contribution < 1.29 is 14.3 Å². The van der Waals surface area contributed by atoms with E-state index in [1.807, 2.05) is 6.92 Å². The third-order valence-electron chi connectivity index (χ3n) is 3.35. The maximum absolute atomic E-state index is 12.2. The molecule has 1 amide bonds. The highest BCUT2D eigenvalue weighted by molar-refractivity contribution is 8.01. The van der Waals surface area contributed by atoms with E-state index in [1.54, 1.807) is 43.0 Å². The summed E-state index contributed by atoms with van der Waals surface area (Å²) in [4.78, 5) is 23.8. The summed E-state index contributed by atoms with van der Waals surface area (Å²) in [6, 6.07) is 6.79. The maximum atomic E-state index is 12.2. The third kappa shape index (κ3) is 3.33. The van der Waals surface area contributed by atoms with Gasteiger partial charge in [0.15, 0.2) is 0 Å². The molecule has 1 aliphatic rings. The standard InChI is InChI=1S/C15H19NO3S/c1-3-19-13(17)11-5-7-12(8-6-11)16-14(18)15(2)9-4-10-20-15/h5-8H,3-4,9-10H2,1-2H3,(H,16,18). The average Bonchev–Trinajstić information content (AvgIpc) is 2.88. The van der Waals surface area contributed by atoms with Crippen LogP contribution in [0.3, 0.4) is 0 Å². The van der Waals surface area contributed by atoms with Gasteiger partial charge in [-0.1, -0.05) is 0 Å². The van der Waals surface area contributed by atoms with Crippen molar-refractivity contribution in [1.29, 1.82) is 0 Å². The number of nitrogens with one attached hydrogen (secondary N) is 1. The summed E-state index contributed by atoms with van der Waals surface area (Å²) in [5.74, 6) is 0.721. The molecule has 1 fully saturated rings. The summed E-state index contributed by atoms with van der Waals surface area (Å²) < 4.78 is 4.58. The van der Waals surface area contributed by atoms with Crippen LogP contribution < -0.4 is 5.32 Å². The van der Waals surface area contributed by atoms with Crippen molar-refractivity contribution in [3.05, 3.63) is 29.8 Å². The fourth-order valence-electron chi connectivity index (χ4n) is 2.13. The third-order valence-corrected chi connectivity index (χ3v) is 4.87. The molecule has 0 saturated carbocycles. The highest BCUT2D eigenvalue weighted by Crippen LogP contribution is 2.38. The van der Waals surface area contributed by atoms with Crippen LogP contribution in [0.1, 0.15) is 37.0 Å². The van der Waals surface area contributed by atoms with E-state index in [-0.39, 0.29) is 16.6 Å².